The summed E-state index contributed by atoms with van der Waals surface area (Å²) in [5.41, 5.74) is 0.792. The molecule has 0 radical (unpaired) electrons. The molecule has 0 heterocycles. The molecule has 322 valence electrons. The zero-order chi connectivity index (χ0) is 43.6. The monoisotopic (exact) mass is 811 g/mol. The number of aliphatic hydroxyl groups excluding tert-OH is 1. The third kappa shape index (κ3) is 17.5. The summed E-state index contributed by atoms with van der Waals surface area (Å²) in [6, 6.07) is 11.9. The van der Waals surface area contributed by atoms with Gasteiger partial charge in [0, 0.05) is 0 Å². The van der Waals surface area contributed by atoms with Gasteiger partial charge in [-0.25, -0.2) is 9.59 Å². The third-order valence-electron chi connectivity index (χ3n) is 9.64. The van der Waals surface area contributed by atoms with Crippen molar-refractivity contribution in [2.24, 2.45) is 17.8 Å². The fourth-order valence-corrected chi connectivity index (χ4v) is 5.94. The highest BCUT2D eigenvalue weighted by molar-refractivity contribution is 5.91. The number of aliphatic hydroxyl groups is 1. The number of carboxylic acid groups (broad SMARTS) is 1. The van der Waals surface area contributed by atoms with Crippen LogP contribution in [0.4, 0.5) is 4.79 Å². The molecule has 0 aliphatic carbocycles. The SMILES string of the molecule is CCC(C)C(NC(=O)Cc1cccc(OCCNC(=O)OC(C)(C)C)c1)C(=O)NC(Cc1ccccc1)C(O)CC(=O)NC(C(=O)NC(C(=O)O)C(C)C)C(C)CC. The Kier molecular flexibility index (Phi) is 20.2. The lowest BCUT2D eigenvalue weighted by molar-refractivity contribution is -0.143. The smallest absolute Gasteiger partial charge is 0.407 e. The molecule has 0 fully saturated rings. The van der Waals surface area contributed by atoms with Crippen LogP contribution in [-0.2, 0) is 41.6 Å². The summed E-state index contributed by atoms with van der Waals surface area (Å²) in [5, 5.41) is 34.6. The normalized spacial score (nSPS) is 15.0. The van der Waals surface area contributed by atoms with Gasteiger partial charge in [-0.05, 0) is 68.2 Å². The summed E-state index contributed by atoms with van der Waals surface area (Å²) >= 11 is 0. The zero-order valence-corrected chi connectivity index (χ0v) is 35.4. The van der Waals surface area contributed by atoms with Crippen molar-refractivity contribution < 1.29 is 48.5 Å². The molecule has 5 amide bonds. The number of nitrogens with one attached hydrogen (secondary N) is 5. The largest absolute Gasteiger partial charge is 0.492 e. The summed E-state index contributed by atoms with van der Waals surface area (Å²) in [7, 11) is 0. The number of rotatable bonds is 23. The highest BCUT2D eigenvalue weighted by Gasteiger charge is 2.34. The highest BCUT2D eigenvalue weighted by atomic mass is 16.6. The Morgan fingerprint density at radius 1 is 0.724 bits per heavy atom. The summed E-state index contributed by atoms with van der Waals surface area (Å²) in [6.45, 7) is 16.3. The standard InChI is InChI=1S/C43H65N5O10/c1-10-27(5)37(46-34(50)24-30-18-15-19-31(22-30)57-21-20-44-42(56)58-43(7,8)9)39(52)45-32(23-29-16-13-12-14-17-29)33(49)25-35(51)47-38(28(6)11-2)40(53)48-36(26(3)4)41(54)55/h12-19,22,26-28,32-33,36-38,49H,10-11,20-21,23-25H2,1-9H3,(H,44,56)(H,45,52)(H,46,50)(H,47,51)(H,48,53)(H,54,55). The summed E-state index contributed by atoms with van der Waals surface area (Å²) in [5.74, 6) is -4.02. The maximum atomic E-state index is 14.0. The topological polar surface area (TPSA) is 221 Å². The number of aliphatic carboxylic acids is 1. The average Bonchev–Trinajstić information content (AvgIpc) is 3.15. The Morgan fingerprint density at radius 3 is 1.84 bits per heavy atom. The van der Waals surface area contributed by atoms with Gasteiger partial charge in [-0.2, -0.15) is 0 Å². The second kappa shape index (κ2) is 23.9. The van der Waals surface area contributed by atoms with Gasteiger partial charge in [-0.3, -0.25) is 19.2 Å². The molecule has 0 bridgehead atoms. The fraction of sp³-hybridized carbons (Fsp3) is 0.581. The number of ether oxygens (including phenoxy) is 2. The maximum Gasteiger partial charge on any atom is 0.407 e. The van der Waals surface area contributed by atoms with E-state index in [0.717, 1.165) is 5.56 Å². The summed E-state index contributed by atoms with van der Waals surface area (Å²) in [4.78, 5) is 77.6. The van der Waals surface area contributed by atoms with Gasteiger partial charge in [0.05, 0.1) is 31.5 Å². The van der Waals surface area contributed by atoms with Gasteiger partial charge < -0.3 is 46.3 Å². The highest BCUT2D eigenvalue weighted by Crippen LogP contribution is 2.17. The molecule has 0 saturated carbocycles. The first-order chi connectivity index (χ1) is 27.2. The zero-order valence-electron chi connectivity index (χ0n) is 35.4. The van der Waals surface area contributed by atoms with Crippen molar-refractivity contribution in [1.82, 2.24) is 26.6 Å². The molecule has 0 aromatic heterocycles. The molecule has 0 aliphatic rings. The van der Waals surface area contributed by atoms with Crippen LogP contribution in [0.5, 0.6) is 5.75 Å². The van der Waals surface area contributed by atoms with Crippen LogP contribution in [0, 0.1) is 17.8 Å². The van der Waals surface area contributed by atoms with Gasteiger partial charge in [-0.15, -0.1) is 0 Å². The van der Waals surface area contributed by atoms with E-state index in [4.69, 9.17) is 9.47 Å². The number of carbonyl (C=O) groups excluding carboxylic acids is 5. The van der Waals surface area contributed by atoms with Crippen LogP contribution in [0.15, 0.2) is 54.6 Å². The number of carbonyl (C=O) groups is 6. The lowest BCUT2D eigenvalue weighted by Crippen LogP contribution is -2.57. The van der Waals surface area contributed by atoms with Crippen LogP contribution in [-0.4, -0.2) is 94.9 Å². The molecule has 7 N–H and O–H groups in total. The molecule has 0 saturated heterocycles. The number of hydrogen-bond donors (Lipinski definition) is 7. The first kappa shape index (κ1) is 49.0. The molecule has 2 aromatic rings. The first-order valence-corrected chi connectivity index (χ1v) is 20.1. The molecular formula is C43H65N5O10. The number of benzene rings is 2. The van der Waals surface area contributed by atoms with Crippen LogP contribution < -0.4 is 31.3 Å². The Hall–Kier alpha value is -5.18. The Labute approximate surface area is 342 Å². The number of alkyl carbamates (subject to hydrolysis) is 1. The lowest BCUT2D eigenvalue weighted by Gasteiger charge is -2.30. The van der Waals surface area contributed by atoms with E-state index < -0.39 is 83.9 Å². The second-order valence-electron chi connectivity index (χ2n) is 16.1. The Balaban J connectivity index is 2.17. The van der Waals surface area contributed by atoms with E-state index in [0.29, 0.717) is 24.2 Å². The Morgan fingerprint density at radius 2 is 1.29 bits per heavy atom. The van der Waals surface area contributed by atoms with Crippen molar-refractivity contribution in [2.75, 3.05) is 13.2 Å². The van der Waals surface area contributed by atoms with Gasteiger partial charge in [0.2, 0.25) is 23.6 Å². The van der Waals surface area contributed by atoms with Gasteiger partial charge in [0.1, 0.15) is 36.1 Å². The quantitative estimate of drug-likeness (QED) is 0.0803. The summed E-state index contributed by atoms with van der Waals surface area (Å²) < 4.78 is 11.0. The minimum absolute atomic E-state index is 0.0564. The molecule has 2 rings (SSSR count). The van der Waals surface area contributed by atoms with Crippen molar-refractivity contribution >= 4 is 35.7 Å². The fourth-order valence-electron chi connectivity index (χ4n) is 5.94. The van der Waals surface area contributed by atoms with E-state index in [-0.39, 0.29) is 37.8 Å². The van der Waals surface area contributed by atoms with E-state index in [1.165, 1.54) is 0 Å². The molecule has 58 heavy (non-hydrogen) atoms. The molecule has 2 aromatic carbocycles. The molecule has 15 heteroatoms. The predicted octanol–water partition coefficient (Wildman–Crippen LogP) is 3.90. The first-order valence-electron chi connectivity index (χ1n) is 20.1. The van der Waals surface area contributed by atoms with Gasteiger partial charge in [-0.1, -0.05) is 96.8 Å². The molecule has 7 atom stereocenters. The second-order valence-corrected chi connectivity index (χ2v) is 16.1. The van der Waals surface area contributed by atoms with Gasteiger partial charge >= 0.3 is 12.1 Å². The lowest BCUT2D eigenvalue weighted by atomic mass is 9.94. The predicted molar refractivity (Wildman–Crippen MR) is 220 cm³/mol. The number of amides is 5. The van der Waals surface area contributed by atoms with Gasteiger partial charge in [0.15, 0.2) is 0 Å². The van der Waals surface area contributed by atoms with Crippen molar-refractivity contribution in [1.29, 1.82) is 0 Å². The van der Waals surface area contributed by atoms with Crippen molar-refractivity contribution in [2.45, 2.75) is 130 Å². The van der Waals surface area contributed by atoms with Gasteiger partial charge in [0.25, 0.3) is 0 Å². The third-order valence-corrected chi connectivity index (χ3v) is 9.64. The minimum atomic E-state index is -1.40. The number of carboxylic acids is 1. The van der Waals surface area contributed by atoms with E-state index in [1.807, 2.05) is 51.1 Å². The van der Waals surface area contributed by atoms with Crippen LogP contribution in [0.25, 0.3) is 0 Å². The molecular weight excluding hydrogens is 746 g/mol. The van der Waals surface area contributed by atoms with Crippen LogP contribution in [0.1, 0.15) is 92.7 Å². The molecule has 7 unspecified atom stereocenters. The van der Waals surface area contributed by atoms with E-state index in [9.17, 15) is 39.0 Å². The van der Waals surface area contributed by atoms with Crippen LogP contribution >= 0.6 is 0 Å². The van der Waals surface area contributed by atoms with E-state index in [1.54, 1.807) is 65.8 Å². The summed E-state index contributed by atoms with van der Waals surface area (Å²) in [6.07, 6.45) is -1.27. The van der Waals surface area contributed by atoms with E-state index >= 15 is 0 Å². The molecule has 15 nitrogen and oxygen atoms in total. The average molecular weight is 812 g/mol. The minimum Gasteiger partial charge on any atom is -0.492 e. The van der Waals surface area contributed by atoms with Crippen molar-refractivity contribution in [3.63, 3.8) is 0 Å². The van der Waals surface area contributed by atoms with Crippen molar-refractivity contribution in [3.8, 4) is 5.75 Å². The van der Waals surface area contributed by atoms with Crippen molar-refractivity contribution in [3.05, 3.63) is 65.7 Å². The molecule has 0 aliphatic heterocycles. The van der Waals surface area contributed by atoms with Crippen LogP contribution in [0.2, 0.25) is 0 Å². The number of hydrogen-bond acceptors (Lipinski definition) is 9. The Bertz CT molecular complexity index is 1650. The van der Waals surface area contributed by atoms with E-state index in [2.05, 4.69) is 26.6 Å². The van der Waals surface area contributed by atoms with Crippen LogP contribution in [0.3, 0.4) is 0 Å². The maximum absolute atomic E-state index is 14.0. The molecule has 0 spiro atoms.